The number of carbonyl (C=O) groups excluding carboxylic acids is 3. The van der Waals surface area contributed by atoms with E-state index in [2.05, 4.69) is 0 Å². The van der Waals surface area contributed by atoms with E-state index in [4.69, 9.17) is 14.2 Å². The molecule has 0 aromatic heterocycles. The first-order valence-corrected chi connectivity index (χ1v) is 12.8. The monoisotopic (exact) mass is 588 g/mol. The highest BCUT2D eigenvalue weighted by atomic mass is 16.6. The molecule has 1 fully saturated rings. The Bertz CT molecular complexity index is 1260. The van der Waals surface area contributed by atoms with E-state index >= 15 is 0 Å². The molecule has 42 heavy (non-hydrogen) atoms. The van der Waals surface area contributed by atoms with Crippen LogP contribution >= 0.6 is 0 Å². The molecule has 2 aromatic rings. The molecule has 0 saturated heterocycles. The van der Waals surface area contributed by atoms with E-state index < -0.39 is 72.3 Å². The zero-order valence-electron chi connectivity index (χ0n) is 22.5. The van der Waals surface area contributed by atoms with Crippen molar-refractivity contribution >= 4 is 30.1 Å². The van der Waals surface area contributed by atoms with Crippen LogP contribution in [0.25, 0.3) is 12.2 Å². The predicted molar refractivity (Wildman–Crippen MR) is 145 cm³/mol. The number of aliphatic hydroxyl groups excluding tert-OH is 2. The fourth-order valence-electron chi connectivity index (χ4n) is 4.07. The highest BCUT2D eigenvalue weighted by molar-refractivity contribution is 5.88. The van der Waals surface area contributed by atoms with Crippen LogP contribution in [-0.4, -0.2) is 90.3 Å². The highest BCUT2D eigenvalue weighted by Crippen LogP contribution is 2.34. The first kappa shape index (κ1) is 31.9. The van der Waals surface area contributed by atoms with Crippen LogP contribution < -0.4 is 0 Å². The Morgan fingerprint density at radius 3 is 1.71 bits per heavy atom. The first-order valence-electron chi connectivity index (χ1n) is 12.8. The molecular weight excluding hydrogens is 556 g/mol. The maximum Gasteiger partial charge on any atom is 0.338 e. The van der Waals surface area contributed by atoms with Gasteiger partial charge in [0.05, 0.1) is 12.7 Å². The SMILES string of the molecule is CC(O)CCOC(=O)[C@]1(O)C[C@@H](OC(=O)/C=C/c2ccc(O)c(O)c2)[C@@H](O)[C@H](OC(=O)/C=C/c2ccc(O)c(O)c2)C1. The molecule has 1 aliphatic carbocycles. The van der Waals surface area contributed by atoms with Gasteiger partial charge < -0.3 is 50.0 Å². The number of aromatic hydroxyl groups is 4. The molecule has 7 N–H and O–H groups in total. The van der Waals surface area contributed by atoms with Crippen molar-refractivity contribution in [3.8, 4) is 23.0 Å². The maximum absolute atomic E-state index is 12.8. The van der Waals surface area contributed by atoms with Crippen LogP contribution in [0.3, 0.4) is 0 Å². The summed E-state index contributed by atoms with van der Waals surface area (Å²) in [7, 11) is 0. The number of carbonyl (C=O) groups is 3. The fourth-order valence-corrected chi connectivity index (χ4v) is 4.07. The lowest BCUT2D eigenvalue weighted by atomic mass is 9.79. The Kier molecular flexibility index (Phi) is 10.5. The first-order chi connectivity index (χ1) is 19.8. The second-order valence-electron chi connectivity index (χ2n) is 9.82. The molecular formula is C29H32O13. The summed E-state index contributed by atoms with van der Waals surface area (Å²) in [5.41, 5.74) is -1.69. The van der Waals surface area contributed by atoms with Crippen molar-refractivity contribution < 1.29 is 64.3 Å². The van der Waals surface area contributed by atoms with E-state index in [0.29, 0.717) is 11.1 Å². The van der Waals surface area contributed by atoms with Gasteiger partial charge >= 0.3 is 17.9 Å². The standard InChI is InChI=1S/C29H32O13/c1-16(30)10-11-40-28(38)29(39)14-23(41-25(35)8-4-17-2-6-19(31)21(33)12-17)27(37)24(15-29)42-26(36)9-5-18-3-7-20(32)22(34)13-18/h2-9,12-13,16,23-24,27,30-34,37,39H,10-11,14-15H2,1H3/b8-4+,9-5+/t16?,23-,24-,27-,29+/m1/s1. The highest BCUT2D eigenvalue weighted by Gasteiger charge is 2.53. The Morgan fingerprint density at radius 2 is 1.31 bits per heavy atom. The smallest absolute Gasteiger partial charge is 0.338 e. The zero-order valence-corrected chi connectivity index (χ0v) is 22.5. The van der Waals surface area contributed by atoms with Gasteiger partial charge in [-0.05, 0) is 54.5 Å². The molecule has 0 heterocycles. The van der Waals surface area contributed by atoms with Crippen molar-refractivity contribution in [2.24, 2.45) is 0 Å². The summed E-state index contributed by atoms with van der Waals surface area (Å²) in [6.45, 7) is 1.24. The number of ether oxygens (including phenoxy) is 3. The van der Waals surface area contributed by atoms with E-state index in [1.54, 1.807) is 0 Å². The number of rotatable bonds is 10. The van der Waals surface area contributed by atoms with Crippen LogP contribution in [0.15, 0.2) is 48.6 Å². The van der Waals surface area contributed by atoms with Gasteiger partial charge in [0.2, 0.25) is 0 Å². The molecule has 226 valence electrons. The van der Waals surface area contributed by atoms with Gasteiger partial charge in [-0.2, -0.15) is 0 Å². The predicted octanol–water partition coefficient (Wildman–Crippen LogP) is 1.26. The number of hydrogen-bond acceptors (Lipinski definition) is 13. The van der Waals surface area contributed by atoms with Crippen molar-refractivity contribution in [1.82, 2.24) is 0 Å². The molecule has 0 spiro atoms. The zero-order chi connectivity index (χ0) is 31.0. The van der Waals surface area contributed by atoms with E-state index in [0.717, 1.165) is 12.2 Å². The van der Waals surface area contributed by atoms with Crippen LogP contribution in [-0.2, 0) is 28.6 Å². The van der Waals surface area contributed by atoms with E-state index in [1.165, 1.54) is 55.5 Å². The lowest BCUT2D eigenvalue weighted by Crippen LogP contribution is -2.58. The number of phenolic OH excluding ortho intramolecular Hbond substituents is 4. The molecule has 1 saturated carbocycles. The van der Waals surface area contributed by atoms with Gasteiger partial charge in [0, 0.05) is 31.4 Å². The molecule has 0 radical (unpaired) electrons. The van der Waals surface area contributed by atoms with Gasteiger partial charge in [0.15, 0.2) is 28.6 Å². The average molecular weight is 589 g/mol. The molecule has 3 rings (SSSR count). The maximum atomic E-state index is 12.8. The normalized spacial score (nSPS) is 23.0. The Balaban J connectivity index is 1.76. The Labute approximate surface area is 240 Å². The summed E-state index contributed by atoms with van der Waals surface area (Å²) in [5, 5.41) is 69.5. The van der Waals surface area contributed by atoms with Gasteiger partial charge in [-0.1, -0.05) is 12.1 Å². The summed E-state index contributed by atoms with van der Waals surface area (Å²) in [5.74, 6) is -4.72. The minimum absolute atomic E-state index is 0.0799. The number of benzene rings is 2. The van der Waals surface area contributed by atoms with Gasteiger partial charge in [0.1, 0.15) is 18.3 Å². The third-order valence-corrected chi connectivity index (χ3v) is 6.35. The Hall–Kier alpha value is -4.59. The molecule has 0 amide bonds. The quantitative estimate of drug-likeness (QED) is 0.0900. The molecule has 1 aliphatic rings. The largest absolute Gasteiger partial charge is 0.504 e. The van der Waals surface area contributed by atoms with Crippen molar-refractivity contribution in [2.45, 2.75) is 56.2 Å². The molecule has 13 heteroatoms. The van der Waals surface area contributed by atoms with Crippen LogP contribution in [0.5, 0.6) is 23.0 Å². The van der Waals surface area contributed by atoms with Crippen LogP contribution in [0.4, 0.5) is 0 Å². The number of phenols is 4. The van der Waals surface area contributed by atoms with Crippen LogP contribution in [0.2, 0.25) is 0 Å². The molecule has 2 aromatic carbocycles. The van der Waals surface area contributed by atoms with Gasteiger partial charge in [-0.3, -0.25) is 0 Å². The molecule has 0 aliphatic heterocycles. The summed E-state index contributed by atoms with van der Waals surface area (Å²) in [4.78, 5) is 37.8. The molecule has 13 nitrogen and oxygen atoms in total. The molecule has 0 bridgehead atoms. The Morgan fingerprint density at radius 1 is 0.857 bits per heavy atom. The summed E-state index contributed by atoms with van der Waals surface area (Å²) in [6, 6.07) is 7.56. The number of esters is 3. The van der Waals surface area contributed by atoms with Crippen molar-refractivity contribution in [1.29, 1.82) is 0 Å². The molecule has 3 atom stereocenters. The van der Waals surface area contributed by atoms with Crippen LogP contribution in [0, 0.1) is 0 Å². The summed E-state index contributed by atoms with van der Waals surface area (Å²) < 4.78 is 15.6. The van der Waals surface area contributed by atoms with E-state index in [-0.39, 0.29) is 24.5 Å². The lowest BCUT2D eigenvalue weighted by molar-refractivity contribution is -0.206. The molecule has 1 unspecified atom stereocenters. The average Bonchev–Trinajstić information content (AvgIpc) is 2.92. The van der Waals surface area contributed by atoms with Gasteiger partial charge in [-0.25, -0.2) is 14.4 Å². The van der Waals surface area contributed by atoms with Crippen molar-refractivity contribution in [3.63, 3.8) is 0 Å². The fraction of sp³-hybridized carbons (Fsp3) is 0.345. The summed E-state index contributed by atoms with van der Waals surface area (Å²) in [6.07, 6.45) is -2.25. The second kappa shape index (κ2) is 13.9. The van der Waals surface area contributed by atoms with E-state index in [9.17, 15) is 50.1 Å². The third-order valence-electron chi connectivity index (χ3n) is 6.35. The van der Waals surface area contributed by atoms with E-state index in [1.807, 2.05) is 0 Å². The topological polar surface area (TPSA) is 221 Å². The number of hydrogen-bond donors (Lipinski definition) is 7. The third kappa shape index (κ3) is 8.70. The second-order valence-corrected chi connectivity index (χ2v) is 9.82. The number of aliphatic hydroxyl groups is 3. The summed E-state index contributed by atoms with van der Waals surface area (Å²) >= 11 is 0. The lowest BCUT2D eigenvalue weighted by Gasteiger charge is -2.41. The van der Waals surface area contributed by atoms with Crippen LogP contribution in [0.1, 0.15) is 37.3 Å². The minimum Gasteiger partial charge on any atom is -0.504 e. The van der Waals surface area contributed by atoms with Gasteiger partial charge in [-0.15, -0.1) is 0 Å². The minimum atomic E-state index is -2.34. The van der Waals surface area contributed by atoms with Crippen molar-refractivity contribution in [2.75, 3.05) is 6.61 Å². The van der Waals surface area contributed by atoms with Crippen molar-refractivity contribution in [3.05, 3.63) is 59.7 Å². The van der Waals surface area contributed by atoms with Gasteiger partial charge in [0.25, 0.3) is 0 Å².